The zero-order valence-electron chi connectivity index (χ0n) is 20.0. The first-order valence-corrected chi connectivity index (χ1v) is 12.2. The highest BCUT2D eigenvalue weighted by Gasteiger charge is 2.55. The van der Waals surface area contributed by atoms with E-state index >= 15 is 0 Å². The largest absolute Gasteiger partial charge is 0.350 e. The van der Waals surface area contributed by atoms with Gasteiger partial charge in [0, 0.05) is 23.9 Å². The summed E-state index contributed by atoms with van der Waals surface area (Å²) in [4.78, 5) is 39.6. The lowest BCUT2D eigenvalue weighted by Crippen LogP contribution is -2.54. The van der Waals surface area contributed by atoms with Crippen molar-refractivity contribution in [1.82, 2.24) is 25.3 Å². The Bertz CT molecular complexity index is 1290. The first-order chi connectivity index (χ1) is 17.4. The minimum atomic E-state index is -0.901. The van der Waals surface area contributed by atoms with Gasteiger partial charge >= 0.3 is 6.03 Å². The van der Waals surface area contributed by atoms with Gasteiger partial charge in [-0.25, -0.2) is 13.9 Å². The third-order valence-electron chi connectivity index (χ3n) is 7.21. The molecule has 1 spiro atoms. The van der Waals surface area contributed by atoms with Gasteiger partial charge in [-0.05, 0) is 55.2 Å². The Morgan fingerprint density at radius 3 is 2.61 bits per heavy atom. The standard InChI is InChI=1S/C27H28FN5O3/c1-18-7-5-6-14-27(18)25(35)32(26(36)30-27)17-23(34)29-15-20-16-33(22-8-3-2-4-9-22)31-24(20)19-10-12-21(28)13-11-19/h2-4,8-13,16,18H,5-7,14-15,17H2,1H3,(H,29,34)(H,30,36)/t18-,27+/m0/s1. The van der Waals surface area contributed by atoms with Gasteiger partial charge in [0.15, 0.2) is 0 Å². The highest BCUT2D eigenvalue weighted by atomic mass is 19.1. The number of benzene rings is 2. The Morgan fingerprint density at radius 1 is 1.14 bits per heavy atom. The Hall–Kier alpha value is -4.01. The average Bonchev–Trinajstić information content (AvgIpc) is 3.41. The number of halogens is 1. The molecular weight excluding hydrogens is 461 g/mol. The van der Waals surface area contributed by atoms with Crippen molar-refractivity contribution in [2.45, 2.75) is 44.7 Å². The van der Waals surface area contributed by atoms with E-state index in [4.69, 9.17) is 0 Å². The minimum absolute atomic E-state index is 0.0258. The number of aromatic nitrogens is 2. The molecule has 3 aromatic rings. The fourth-order valence-corrected chi connectivity index (χ4v) is 5.14. The van der Waals surface area contributed by atoms with Crippen LogP contribution < -0.4 is 10.6 Å². The van der Waals surface area contributed by atoms with Gasteiger partial charge in [-0.2, -0.15) is 5.10 Å². The summed E-state index contributed by atoms with van der Waals surface area (Å²) in [5.41, 5.74) is 1.96. The molecule has 8 nitrogen and oxygen atoms in total. The number of para-hydroxylation sites is 1. The lowest BCUT2D eigenvalue weighted by molar-refractivity contribution is -0.137. The third-order valence-corrected chi connectivity index (χ3v) is 7.21. The summed E-state index contributed by atoms with van der Waals surface area (Å²) in [6.45, 7) is 1.75. The molecular formula is C27H28FN5O3. The van der Waals surface area contributed by atoms with Gasteiger partial charge < -0.3 is 10.6 Å². The van der Waals surface area contributed by atoms with Crippen LogP contribution in [0, 0.1) is 11.7 Å². The zero-order chi connectivity index (χ0) is 25.3. The summed E-state index contributed by atoms with van der Waals surface area (Å²) < 4.78 is 15.2. The number of nitrogens with one attached hydrogen (secondary N) is 2. The topological polar surface area (TPSA) is 96.3 Å². The second kappa shape index (κ2) is 9.56. The summed E-state index contributed by atoms with van der Waals surface area (Å²) in [5, 5.41) is 10.3. The molecule has 1 aromatic heterocycles. The molecule has 1 aliphatic carbocycles. The number of nitrogens with zero attached hydrogens (tertiary/aromatic N) is 3. The maximum absolute atomic E-state index is 13.5. The summed E-state index contributed by atoms with van der Waals surface area (Å²) in [6.07, 6.45) is 5.16. The van der Waals surface area contributed by atoms with Crippen molar-refractivity contribution in [2.24, 2.45) is 5.92 Å². The van der Waals surface area contributed by atoms with E-state index in [0.717, 1.165) is 29.8 Å². The zero-order valence-corrected chi connectivity index (χ0v) is 20.0. The van der Waals surface area contributed by atoms with Crippen LogP contribution in [0.15, 0.2) is 60.8 Å². The predicted octanol–water partition coefficient (Wildman–Crippen LogP) is 3.80. The molecule has 0 bridgehead atoms. The van der Waals surface area contributed by atoms with Crippen molar-refractivity contribution in [1.29, 1.82) is 0 Å². The van der Waals surface area contributed by atoms with Crippen molar-refractivity contribution in [3.63, 3.8) is 0 Å². The van der Waals surface area contributed by atoms with Gasteiger partial charge in [-0.1, -0.05) is 38.0 Å². The number of rotatable bonds is 6. The minimum Gasteiger partial charge on any atom is -0.350 e. The van der Waals surface area contributed by atoms with Crippen molar-refractivity contribution in [3.05, 3.63) is 72.2 Å². The van der Waals surface area contributed by atoms with Crippen LogP contribution in [0.5, 0.6) is 0 Å². The second-order valence-electron chi connectivity index (χ2n) is 9.51. The molecule has 5 rings (SSSR count). The number of hydrogen-bond acceptors (Lipinski definition) is 4. The smallest absolute Gasteiger partial charge is 0.325 e. The van der Waals surface area contributed by atoms with E-state index < -0.39 is 17.5 Å². The van der Waals surface area contributed by atoms with Gasteiger partial charge in [0.25, 0.3) is 5.91 Å². The molecule has 36 heavy (non-hydrogen) atoms. The SMILES string of the molecule is C[C@H]1CCCC[C@@]12NC(=O)N(CC(=O)NCc1cn(-c3ccccc3)nc1-c1ccc(F)cc1)C2=O. The molecule has 4 amide bonds. The number of amides is 4. The second-order valence-corrected chi connectivity index (χ2v) is 9.51. The fraction of sp³-hybridized carbons (Fsp3) is 0.333. The van der Waals surface area contributed by atoms with Crippen LogP contribution in [0.1, 0.15) is 38.2 Å². The van der Waals surface area contributed by atoms with Crippen LogP contribution >= 0.6 is 0 Å². The lowest BCUT2D eigenvalue weighted by Gasteiger charge is -2.36. The van der Waals surface area contributed by atoms with E-state index in [9.17, 15) is 18.8 Å². The third kappa shape index (κ3) is 4.36. The van der Waals surface area contributed by atoms with E-state index in [1.165, 1.54) is 12.1 Å². The molecule has 186 valence electrons. The van der Waals surface area contributed by atoms with E-state index in [1.54, 1.807) is 23.0 Å². The molecule has 2 fully saturated rings. The van der Waals surface area contributed by atoms with Crippen LogP contribution in [0.2, 0.25) is 0 Å². The summed E-state index contributed by atoms with van der Waals surface area (Å²) in [7, 11) is 0. The van der Waals surface area contributed by atoms with Crippen LogP contribution in [0.3, 0.4) is 0 Å². The molecule has 2 aliphatic rings. The molecule has 0 radical (unpaired) electrons. The molecule has 1 saturated heterocycles. The maximum atomic E-state index is 13.5. The molecule has 2 N–H and O–H groups in total. The Morgan fingerprint density at radius 2 is 1.89 bits per heavy atom. The summed E-state index contributed by atoms with van der Waals surface area (Å²) in [5.74, 6) is -1.09. The lowest BCUT2D eigenvalue weighted by atomic mass is 9.73. The molecule has 2 atom stereocenters. The summed E-state index contributed by atoms with van der Waals surface area (Å²) >= 11 is 0. The van der Waals surface area contributed by atoms with Gasteiger partial charge in [0.1, 0.15) is 17.9 Å². The normalized spacial score (nSPS) is 21.6. The number of urea groups is 1. The van der Waals surface area contributed by atoms with E-state index in [2.05, 4.69) is 15.7 Å². The average molecular weight is 490 g/mol. The maximum Gasteiger partial charge on any atom is 0.325 e. The van der Waals surface area contributed by atoms with Crippen LogP contribution in [-0.2, 0) is 16.1 Å². The molecule has 2 aromatic carbocycles. The summed E-state index contributed by atoms with van der Waals surface area (Å²) in [6, 6.07) is 15.0. The van der Waals surface area contributed by atoms with Crippen LogP contribution in [0.4, 0.5) is 9.18 Å². The van der Waals surface area contributed by atoms with Crippen LogP contribution in [0.25, 0.3) is 16.9 Å². The fourth-order valence-electron chi connectivity index (χ4n) is 5.14. The van der Waals surface area contributed by atoms with Gasteiger partial charge in [-0.3, -0.25) is 14.5 Å². The van der Waals surface area contributed by atoms with Gasteiger partial charge in [0.05, 0.1) is 11.4 Å². The monoisotopic (exact) mass is 489 g/mol. The first-order valence-electron chi connectivity index (χ1n) is 12.2. The highest BCUT2D eigenvalue weighted by Crippen LogP contribution is 2.38. The Kier molecular flexibility index (Phi) is 6.30. The van der Waals surface area contributed by atoms with Crippen molar-refractivity contribution >= 4 is 17.8 Å². The van der Waals surface area contributed by atoms with E-state index in [-0.39, 0.29) is 30.7 Å². The van der Waals surface area contributed by atoms with E-state index in [1.807, 2.05) is 37.3 Å². The predicted molar refractivity (Wildman–Crippen MR) is 131 cm³/mol. The molecule has 1 aliphatic heterocycles. The van der Waals surface area contributed by atoms with Crippen molar-refractivity contribution in [3.8, 4) is 16.9 Å². The highest BCUT2D eigenvalue weighted by molar-refractivity contribution is 6.09. The molecule has 1 saturated carbocycles. The molecule has 9 heteroatoms. The quantitative estimate of drug-likeness (QED) is 0.515. The number of carbonyl (C=O) groups excluding carboxylic acids is 3. The van der Waals surface area contributed by atoms with Gasteiger partial charge in [0.2, 0.25) is 5.91 Å². The molecule has 2 heterocycles. The van der Waals surface area contributed by atoms with E-state index in [0.29, 0.717) is 23.2 Å². The Balaban J connectivity index is 1.32. The van der Waals surface area contributed by atoms with Crippen LogP contribution in [-0.4, -0.2) is 44.6 Å². The first kappa shape index (κ1) is 23.7. The number of carbonyl (C=O) groups is 3. The molecule has 0 unspecified atom stereocenters. The number of hydrogen-bond donors (Lipinski definition) is 2. The Labute approximate surface area is 208 Å². The number of imide groups is 1. The van der Waals surface area contributed by atoms with Crippen molar-refractivity contribution < 1.29 is 18.8 Å². The van der Waals surface area contributed by atoms with Gasteiger partial charge in [-0.15, -0.1) is 0 Å². The van der Waals surface area contributed by atoms with Crippen molar-refractivity contribution in [2.75, 3.05) is 6.54 Å².